The van der Waals surface area contributed by atoms with Crippen molar-refractivity contribution in [1.29, 1.82) is 5.26 Å². The third-order valence-corrected chi connectivity index (χ3v) is 8.33. The summed E-state index contributed by atoms with van der Waals surface area (Å²) < 4.78 is 4.13. The lowest BCUT2D eigenvalue weighted by atomic mass is 10.1. The number of carbonyl (C=O) groups is 2. The van der Waals surface area contributed by atoms with E-state index in [1.54, 1.807) is 11.0 Å². The van der Waals surface area contributed by atoms with E-state index in [0.29, 0.717) is 30.2 Å². The molecular weight excluding hydrogens is 468 g/mol. The molecule has 3 heterocycles. The average molecular weight is 495 g/mol. The van der Waals surface area contributed by atoms with E-state index in [9.17, 15) is 14.9 Å². The second-order valence-electron chi connectivity index (χ2n) is 8.09. The molecule has 1 aromatic heterocycles. The maximum atomic E-state index is 13.0. The van der Waals surface area contributed by atoms with E-state index in [2.05, 4.69) is 26.0 Å². The van der Waals surface area contributed by atoms with Gasteiger partial charge in [-0.1, -0.05) is 34.6 Å². The number of aromatic nitrogens is 1. The number of nitriles is 1. The minimum atomic E-state index is -0.362. The minimum absolute atomic E-state index is 0.149. The summed E-state index contributed by atoms with van der Waals surface area (Å²) >= 11 is 1.54. The van der Waals surface area contributed by atoms with Crippen molar-refractivity contribution >= 4 is 45.0 Å². The van der Waals surface area contributed by atoms with E-state index < -0.39 is 0 Å². The van der Waals surface area contributed by atoms with Gasteiger partial charge in [0.15, 0.2) is 5.50 Å². The Labute approximate surface area is 205 Å². The summed E-state index contributed by atoms with van der Waals surface area (Å²) in [6.45, 7) is 6.53. The van der Waals surface area contributed by atoms with E-state index in [0.717, 1.165) is 33.1 Å². The third kappa shape index (κ3) is 5.66. The zero-order chi connectivity index (χ0) is 24.2. The Bertz CT molecular complexity index is 1220. The van der Waals surface area contributed by atoms with Crippen molar-refractivity contribution in [2.75, 3.05) is 24.6 Å². The molecule has 1 unspecified atom stereocenters. The molecule has 34 heavy (non-hydrogen) atoms. The zero-order valence-corrected chi connectivity index (χ0v) is 20.9. The summed E-state index contributed by atoms with van der Waals surface area (Å²) in [7, 11) is -0.293. The predicted molar refractivity (Wildman–Crippen MR) is 137 cm³/mol. The number of amides is 3. The average Bonchev–Trinajstić information content (AvgIpc) is 3.22. The van der Waals surface area contributed by atoms with Crippen molar-refractivity contribution in [2.24, 2.45) is 4.36 Å². The Morgan fingerprint density at radius 1 is 1.21 bits per heavy atom. The molecule has 0 saturated carbocycles. The first-order valence-corrected chi connectivity index (χ1v) is 13.3. The van der Waals surface area contributed by atoms with Gasteiger partial charge >= 0.3 is 6.03 Å². The molecule has 8 nitrogen and oxygen atoms in total. The molecule has 1 fully saturated rings. The molecule has 2 N–H and O–H groups in total. The summed E-state index contributed by atoms with van der Waals surface area (Å²) in [5.41, 5.74) is 4.82. The van der Waals surface area contributed by atoms with Crippen LogP contribution in [0.25, 0.3) is 10.6 Å². The lowest BCUT2D eigenvalue weighted by Crippen LogP contribution is -2.51. The number of aryl methyl sites for hydroxylation is 2. The minimum Gasteiger partial charge on any atom is -0.355 e. The van der Waals surface area contributed by atoms with Gasteiger partial charge in [0.2, 0.25) is 5.91 Å². The number of hydrogen-bond donors (Lipinski definition) is 2. The molecule has 1 aromatic carbocycles. The highest BCUT2D eigenvalue weighted by Crippen LogP contribution is 2.41. The first-order valence-electron chi connectivity index (χ1n) is 10.9. The molecule has 3 amide bonds. The third-order valence-electron chi connectivity index (χ3n) is 5.36. The van der Waals surface area contributed by atoms with Gasteiger partial charge in [-0.2, -0.15) is 9.62 Å². The first-order chi connectivity index (χ1) is 16.3. The number of nitrogens with one attached hydrogen (secondary N) is 2. The van der Waals surface area contributed by atoms with E-state index in [1.807, 2.05) is 44.2 Å². The monoisotopic (exact) mass is 494 g/mol. The maximum absolute atomic E-state index is 13.0. The van der Waals surface area contributed by atoms with Gasteiger partial charge in [0, 0.05) is 53.4 Å². The van der Waals surface area contributed by atoms with Crippen LogP contribution in [0.2, 0.25) is 0 Å². The summed E-state index contributed by atoms with van der Waals surface area (Å²) in [6, 6.07) is 13.5. The van der Waals surface area contributed by atoms with Gasteiger partial charge in [0.1, 0.15) is 0 Å². The molecule has 0 aliphatic carbocycles. The van der Waals surface area contributed by atoms with Crippen molar-refractivity contribution in [3.8, 4) is 6.07 Å². The first kappa shape index (κ1) is 24.0. The van der Waals surface area contributed by atoms with Gasteiger partial charge in [0.25, 0.3) is 0 Å². The Morgan fingerprint density at radius 2 is 1.91 bits per heavy atom. The van der Waals surface area contributed by atoms with Crippen LogP contribution in [0.1, 0.15) is 35.0 Å². The Hall–Kier alpha value is -3.16. The maximum Gasteiger partial charge on any atom is 0.319 e. The van der Waals surface area contributed by atoms with Crippen molar-refractivity contribution in [1.82, 2.24) is 20.5 Å². The smallest absolute Gasteiger partial charge is 0.319 e. The number of hydrogen-bond acceptors (Lipinski definition) is 6. The van der Waals surface area contributed by atoms with Crippen LogP contribution >= 0.6 is 11.8 Å². The number of carbonyl (C=O) groups excluding carboxylic acids is 2. The fourth-order valence-electron chi connectivity index (χ4n) is 3.93. The Morgan fingerprint density at radius 3 is 2.56 bits per heavy atom. The van der Waals surface area contributed by atoms with Crippen molar-refractivity contribution in [2.45, 2.75) is 26.3 Å². The van der Waals surface area contributed by atoms with Crippen LogP contribution < -0.4 is 10.6 Å². The second kappa shape index (κ2) is 10.4. The molecule has 0 bridgehead atoms. The summed E-state index contributed by atoms with van der Waals surface area (Å²) in [6.07, 6.45) is 0. The van der Waals surface area contributed by atoms with Crippen LogP contribution in [-0.4, -0.2) is 51.9 Å². The van der Waals surface area contributed by atoms with Gasteiger partial charge in [0.05, 0.1) is 17.3 Å². The van der Waals surface area contributed by atoms with E-state index in [1.165, 1.54) is 18.7 Å². The number of rotatable bonds is 3. The standard InChI is InChI=1S/C24H26N6O2S2/c1-15-11-20(12-16(2)26-15)22-21(19-6-4-5-18(13-19)14-25)27-23(33-22)28-24(32)30-7-9-34(10-8-30)29-17(3)31/h4-6,11-13,23,27H,7-10H2,1-3H3,(H,28,32). The van der Waals surface area contributed by atoms with Crippen molar-refractivity contribution in [3.05, 3.63) is 64.5 Å². The summed E-state index contributed by atoms with van der Waals surface area (Å²) in [5, 5.41) is 15.9. The molecule has 0 spiro atoms. The van der Waals surface area contributed by atoms with Crippen LogP contribution in [-0.2, 0) is 15.5 Å². The van der Waals surface area contributed by atoms with Gasteiger partial charge in [-0.05, 0) is 43.7 Å². The SMILES string of the molecule is CC(=O)N=S1CCN(C(=O)NC2NC(c3cccc(C#N)c3)=C(c3cc(C)nc(C)c3)S2)CC1. The van der Waals surface area contributed by atoms with Gasteiger partial charge < -0.3 is 15.5 Å². The largest absolute Gasteiger partial charge is 0.355 e. The molecule has 0 radical (unpaired) electrons. The normalized spacial score (nSPS) is 18.3. The van der Waals surface area contributed by atoms with Crippen molar-refractivity contribution in [3.63, 3.8) is 0 Å². The molecule has 2 aromatic rings. The number of urea groups is 1. The molecule has 176 valence electrons. The topological polar surface area (TPSA) is 110 Å². The fraction of sp³-hybridized carbons (Fsp3) is 0.333. The van der Waals surface area contributed by atoms with E-state index in [4.69, 9.17) is 0 Å². The lowest BCUT2D eigenvalue weighted by Gasteiger charge is -2.29. The molecule has 2 aliphatic heterocycles. The van der Waals surface area contributed by atoms with Crippen LogP contribution in [0.15, 0.2) is 40.8 Å². The highest BCUT2D eigenvalue weighted by molar-refractivity contribution is 8.09. The van der Waals surface area contributed by atoms with Crippen LogP contribution in [0.3, 0.4) is 0 Å². The summed E-state index contributed by atoms with van der Waals surface area (Å²) in [4.78, 5) is 31.5. The highest BCUT2D eigenvalue weighted by atomic mass is 32.2. The van der Waals surface area contributed by atoms with Crippen LogP contribution in [0.5, 0.6) is 0 Å². The second-order valence-corrected chi connectivity index (χ2v) is 11.1. The van der Waals surface area contributed by atoms with E-state index >= 15 is 0 Å². The van der Waals surface area contributed by atoms with E-state index in [-0.39, 0.29) is 28.1 Å². The molecule has 10 heteroatoms. The van der Waals surface area contributed by atoms with Crippen LogP contribution in [0, 0.1) is 25.2 Å². The number of benzene rings is 1. The number of thioether (sulfide) groups is 1. The fourth-order valence-corrected chi connectivity index (χ4v) is 6.66. The number of nitrogens with zero attached hydrogens (tertiary/aromatic N) is 4. The van der Waals surface area contributed by atoms with Gasteiger partial charge in [-0.3, -0.25) is 9.78 Å². The lowest BCUT2D eigenvalue weighted by molar-refractivity contribution is -0.115. The van der Waals surface area contributed by atoms with Crippen LogP contribution in [0.4, 0.5) is 4.79 Å². The van der Waals surface area contributed by atoms with Crippen molar-refractivity contribution < 1.29 is 9.59 Å². The van der Waals surface area contributed by atoms with Gasteiger partial charge in [-0.25, -0.2) is 4.79 Å². The zero-order valence-electron chi connectivity index (χ0n) is 19.3. The number of pyridine rings is 1. The predicted octanol–water partition coefficient (Wildman–Crippen LogP) is 3.39. The van der Waals surface area contributed by atoms with Gasteiger partial charge in [-0.15, -0.1) is 0 Å². The Balaban J connectivity index is 1.54. The molecule has 1 atom stereocenters. The quantitative estimate of drug-likeness (QED) is 0.677. The molecule has 4 rings (SSSR count). The molecule has 2 aliphatic rings. The molecular formula is C24H26N6O2S2. The summed E-state index contributed by atoms with van der Waals surface area (Å²) in [5.74, 6) is 1.27. The molecule has 1 saturated heterocycles. The Kier molecular flexibility index (Phi) is 7.34. The highest BCUT2D eigenvalue weighted by Gasteiger charge is 2.30.